The van der Waals surface area contributed by atoms with Gasteiger partial charge in [-0.2, -0.15) is 0 Å². The molecular weight excluding hydrogens is 192 g/mol. The van der Waals surface area contributed by atoms with E-state index in [0.717, 1.165) is 0 Å². The molecule has 0 radical (unpaired) electrons. The van der Waals surface area contributed by atoms with E-state index in [0.29, 0.717) is 0 Å². The summed E-state index contributed by atoms with van der Waals surface area (Å²) in [7, 11) is 0. The number of rotatable bonds is 4. The highest BCUT2D eigenvalue weighted by Gasteiger charge is 2.15. The van der Waals surface area contributed by atoms with Gasteiger partial charge in [0.1, 0.15) is 0 Å². The molecule has 0 aliphatic carbocycles. The molecule has 0 amide bonds. The highest BCUT2D eigenvalue weighted by Crippen LogP contribution is 2.06. The molecule has 0 aliphatic heterocycles. The molecule has 0 atom stereocenters. The molecule has 0 saturated heterocycles. The van der Waals surface area contributed by atoms with Crippen molar-refractivity contribution in [3.63, 3.8) is 0 Å². The molecule has 6 nitrogen and oxygen atoms in total. The Morgan fingerprint density at radius 3 is 1.36 bits per heavy atom. The molecule has 0 unspecified atom stereocenters. The molecule has 0 N–H and O–H groups in total. The predicted octanol–water partition coefficient (Wildman–Crippen LogP) is -0.278. The van der Waals surface area contributed by atoms with Crippen LogP contribution in [-0.4, -0.2) is 24.9 Å². The molecule has 0 spiro atoms. The van der Waals surface area contributed by atoms with Crippen LogP contribution >= 0.6 is 0 Å². The zero-order chi connectivity index (χ0) is 11.1. The van der Waals surface area contributed by atoms with Gasteiger partial charge in [-0.15, -0.1) is 0 Å². The summed E-state index contributed by atoms with van der Waals surface area (Å²) in [6, 6.07) is 0. The summed E-state index contributed by atoms with van der Waals surface area (Å²) < 4.78 is 7.96. The van der Waals surface area contributed by atoms with Crippen LogP contribution in [0.5, 0.6) is 0 Å². The average molecular weight is 200 g/mol. The van der Waals surface area contributed by atoms with Crippen LogP contribution in [0.25, 0.3) is 0 Å². The van der Waals surface area contributed by atoms with E-state index in [-0.39, 0.29) is 24.1 Å². The van der Waals surface area contributed by atoms with E-state index in [1.54, 1.807) is 0 Å². The Morgan fingerprint density at radius 2 is 1.14 bits per heavy atom. The zero-order valence-electron chi connectivity index (χ0n) is 7.60. The zero-order valence-corrected chi connectivity index (χ0v) is 7.60. The maximum absolute atomic E-state index is 10.9. The van der Waals surface area contributed by atoms with Gasteiger partial charge in [-0.05, 0) is 13.8 Å². The highest BCUT2D eigenvalue weighted by molar-refractivity contribution is 6.02. The summed E-state index contributed by atoms with van der Waals surface area (Å²) in [6.45, 7) is 2.44. The third-order valence-electron chi connectivity index (χ3n) is 1.49. The topological polar surface area (TPSA) is 86.7 Å². The van der Waals surface area contributed by atoms with Crippen molar-refractivity contribution in [2.24, 2.45) is 0 Å². The van der Waals surface area contributed by atoms with Crippen molar-refractivity contribution in [1.82, 2.24) is 0 Å². The van der Waals surface area contributed by atoms with Crippen molar-refractivity contribution in [2.45, 2.75) is 13.8 Å². The van der Waals surface area contributed by atoms with Gasteiger partial charge in [0.15, 0.2) is 0 Å². The minimum Gasteiger partial charge on any atom is -0.392 e. The van der Waals surface area contributed by atoms with E-state index in [4.69, 9.17) is 0 Å². The van der Waals surface area contributed by atoms with E-state index in [1.807, 2.05) is 0 Å². The van der Waals surface area contributed by atoms with E-state index >= 15 is 0 Å². The highest BCUT2D eigenvalue weighted by atomic mass is 16.6. The SMILES string of the molecule is CC(C(=O)OC=O)=C(C)C(=O)OC=O. The number of carbonyl (C=O) groups is 4. The number of carbonyl (C=O) groups excluding carboxylic acids is 4. The minimum absolute atomic E-state index is 0.0514. The summed E-state index contributed by atoms with van der Waals surface area (Å²) in [6.07, 6.45) is 0. The van der Waals surface area contributed by atoms with Gasteiger partial charge in [0, 0.05) is 11.1 Å². The van der Waals surface area contributed by atoms with Crippen LogP contribution in [0.1, 0.15) is 13.8 Å². The van der Waals surface area contributed by atoms with E-state index < -0.39 is 11.9 Å². The van der Waals surface area contributed by atoms with Gasteiger partial charge in [-0.3, -0.25) is 9.59 Å². The lowest BCUT2D eigenvalue weighted by Crippen LogP contribution is -2.12. The quantitative estimate of drug-likeness (QED) is 0.268. The molecule has 0 aromatic rings. The number of esters is 2. The lowest BCUT2D eigenvalue weighted by atomic mass is 10.1. The molecule has 0 aromatic carbocycles. The second-order valence-corrected chi connectivity index (χ2v) is 2.25. The van der Waals surface area contributed by atoms with Crippen LogP contribution in [0.15, 0.2) is 11.1 Å². The maximum atomic E-state index is 10.9. The number of hydrogen-bond acceptors (Lipinski definition) is 6. The first kappa shape index (κ1) is 12.0. The fourth-order valence-electron chi connectivity index (χ4n) is 0.570. The third-order valence-corrected chi connectivity index (χ3v) is 1.49. The minimum atomic E-state index is -0.958. The van der Waals surface area contributed by atoms with Crippen molar-refractivity contribution in [3.05, 3.63) is 11.1 Å². The summed E-state index contributed by atoms with van der Waals surface area (Å²) >= 11 is 0. The van der Waals surface area contributed by atoms with E-state index in [1.165, 1.54) is 13.8 Å². The smallest absolute Gasteiger partial charge is 0.341 e. The van der Waals surface area contributed by atoms with Crippen LogP contribution in [0.2, 0.25) is 0 Å². The monoisotopic (exact) mass is 200 g/mol. The van der Waals surface area contributed by atoms with Crippen molar-refractivity contribution in [3.8, 4) is 0 Å². The summed E-state index contributed by atoms with van der Waals surface area (Å²) in [4.78, 5) is 41.4. The molecule has 0 rings (SSSR count). The molecule has 0 aliphatic rings. The van der Waals surface area contributed by atoms with E-state index in [2.05, 4.69) is 9.47 Å². The van der Waals surface area contributed by atoms with Crippen LogP contribution in [0.4, 0.5) is 0 Å². The van der Waals surface area contributed by atoms with Crippen LogP contribution in [-0.2, 0) is 28.7 Å². The molecule has 14 heavy (non-hydrogen) atoms. The second-order valence-electron chi connectivity index (χ2n) is 2.25. The molecule has 0 saturated carbocycles. The number of hydrogen-bond donors (Lipinski definition) is 0. The van der Waals surface area contributed by atoms with E-state index in [9.17, 15) is 19.2 Å². The summed E-state index contributed by atoms with van der Waals surface area (Å²) in [5.74, 6) is -1.92. The number of ether oxygens (including phenoxy) is 2. The average Bonchev–Trinajstić information content (AvgIpc) is 2.16. The molecule has 0 bridgehead atoms. The first-order chi connectivity index (χ1) is 6.54. The Labute approximate surface area is 79.5 Å². The van der Waals surface area contributed by atoms with Gasteiger partial charge in [0.05, 0.1) is 0 Å². The molecule has 0 heterocycles. The van der Waals surface area contributed by atoms with Crippen LogP contribution in [0.3, 0.4) is 0 Å². The van der Waals surface area contributed by atoms with Crippen molar-refractivity contribution in [2.75, 3.05) is 0 Å². The van der Waals surface area contributed by atoms with Gasteiger partial charge in [-0.25, -0.2) is 9.59 Å². The molecule has 0 fully saturated rings. The summed E-state index contributed by atoms with van der Waals surface area (Å²) in [5.41, 5.74) is -0.187. The van der Waals surface area contributed by atoms with Gasteiger partial charge in [0.2, 0.25) is 0 Å². The Hall–Kier alpha value is -1.98. The normalized spacial score (nSPS) is 11.0. The van der Waals surface area contributed by atoms with Gasteiger partial charge in [0.25, 0.3) is 0 Å². The van der Waals surface area contributed by atoms with Crippen LogP contribution < -0.4 is 0 Å². The molecule has 76 valence electrons. The first-order valence-corrected chi connectivity index (χ1v) is 3.51. The standard InChI is InChI=1S/C8H8O6/c1-5(7(11)13-3-9)6(2)8(12)14-4-10/h3-4H,1-2H3. The fraction of sp³-hybridized carbons (Fsp3) is 0.250. The lowest BCUT2D eigenvalue weighted by molar-refractivity contribution is -0.151. The first-order valence-electron chi connectivity index (χ1n) is 3.51. The van der Waals surface area contributed by atoms with Gasteiger partial charge in [-0.1, -0.05) is 0 Å². The fourth-order valence-corrected chi connectivity index (χ4v) is 0.570. The van der Waals surface area contributed by atoms with Crippen molar-refractivity contribution < 1.29 is 28.7 Å². The van der Waals surface area contributed by atoms with Gasteiger partial charge >= 0.3 is 24.9 Å². The predicted molar refractivity (Wildman–Crippen MR) is 42.7 cm³/mol. The van der Waals surface area contributed by atoms with Gasteiger partial charge < -0.3 is 9.47 Å². The Balaban J connectivity index is 4.72. The Bertz CT molecular complexity index is 271. The third kappa shape index (κ3) is 3.18. The Kier molecular flexibility index (Phi) is 4.83. The lowest BCUT2D eigenvalue weighted by Gasteiger charge is -2.01. The molecular formula is C8H8O6. The van der Waals surface area contributed by atoms with Crippen LogP contribution in [0, 0.1) is 0 Å². The maximum Gasteiger partial charge on any atom is 0.341 e. The van der Waals surface area contributed by atoms with Crippen molar-refractivity contribution in [1.29, 1.82) is 0 Å². The molecule has 6 heteroatoms. The molecule has 0 aromatic heterocycles. The second kappa shape index (κ2) is 5.63. The summed E-state index contributed by atoms with van der Waals surface area (Å²) in [5, 5.41) is 0. The van der Waals surface area contributed by atoms with Crippen molar-refractivity contribution >= 4 is 24.9 Å². The Morgan fingerprint density at radius 1 is 0.857 bits per heavy atom. The largest absolute Gasteiger partial charge is 0.392 e.